The summed E-state index contributed by atoms with van der Waals surface area (Å²) in [5, 5.41) is 16.7. The number of aromatic hydroxyl groups is 1. The number of likely N-dealkylation sites (tertiary alicyclic amines) is 2. The number of phenols is 1. The second-order valence-corrected chi connectivity index (χ2v) is 12.5. The van der Waals surface area contributed by atoms with Gasteiger partial charge in [0.05, 0.1) is 11.2 Å². The molecule has 2 aliphatic rings. The average Bonchev–Trinajstić information content (AvgIpc) is 2.80. The molecular weight excluding hydrogens is 480 g/mol. The van der Waals surface area contributed by atoms with E-state index < -0.39 is 0 Å². The van der Waals surface area contributed by atoms with Gasteiger partial charge in [0.25, 0.3) is 0 Å². The molecule has 3 aromatic rings. The first kappa shape index (κ1) is 26.3. The number of anilines is 2. The van der Waals surface area contributed by atoms with E-state index in [-0.39, 0.29) is 0 Å². The summed E-state index contributed by atoms with van der Waals surface area (Å²) in [4.78, 5) is 9.57. The maximum atomic E-state index is 11.5. The number of pyridine rings is 1. The van der Waals surface area contributed by atoms with Gasteiger partial charge in [-0.05, 0) is 78.5 Å². The van der Waals surface area contributed by atoms with Gasteiger partial charge in [0.2, 0.25) is 0 Å². The van der Waals surface area contributed by atoms with Gasteiger partial charge in [0.15, 0.2) is 0 Å². The molecule has 5 rings (SSSR count). The third kappa shape index (κ3) is 6.39. The van der Waals surface area contributed by atoms with E-state index >= 15 is 0 Å². The second-order valence-electron chi connectivity index (χ2n) is 12.1. The number of fused-ring (bicyclic) bond motifs is 1. The summed E-state index contributed by atoms with van der Waals surface area (Å²) in [6.07, 6.45) is 4.37. The maximum absolute atomic E-state index is 11.5. The van der Waals surface area contributed by atoms with Crippen molar-refractivity contribution >= 4 is 33.9 Å². The van der Waals surface area contributed by atoms with Crippen LogP contribution in [-0.2, 0) is 13.1 Å². The van der Waals surface area contributed by atoms with E-state index in [9.17, 15) is 5.11 Å². The van der Waals surface area contributed by atoms with Gasteiger partial charge in [-0.2, -0.15) is 0 Å². The number of aromatic nitrogens is 1. The van der Waals surface area contributed by atoms with Gasteiger partial charge in [0.1, 0.15) is 5.75 Å². The lowest BCUT2D eigenvalue weighted by molar-refractivity contribution is 0.131. The van der Waals surface area contributed by atoms with E-state index in [1.165, 1.54) is 18.4 Å². The molecule has 0 spiro atoms. The van der Waals surface area contributed by atoms with Crippen LogP contribution in [0.25, 0.3) is 10.9 Å². The Morgan fingerprint density at radius 3 is 2.11 bits per heavy atom. The highest BCUT2D eigenvalue weighted by molar-refractivity contribution is 6.31. The summed E-state index contributed by atoms with van der Waals surface area (Å²) in [7, 11) is 0. The average molecular weight is 521 g/mol. The van der Waals surface area contributed by atoms with Crippen molar-refractivity contribution in [1.82, 2.24) is 14.8 Å². The monoisotopic (exact) mass is 520 g/mol. The quantitative estimate of drug-likeness (QED) is 0.334. The van der Waals surface area contributed by atoms with Gasteiger partial charge >= 0.3 is 0 Å². The van der Waals surface area contributed by atoms with Crippen molar-refractivity contribution in [2.75, 3.05) is 31.5 Å². The minimum absolute atomic E-state index is 0.342. The second kappa shape index (κ2) is 11.2. The lowest BCUT2D eigenvalue weighted by Gasteiger charge is -2.36. The normalized spacial score (nSPS) is 25.4. The lowest BCUT2D eigenvalue weighted by Crippen LogP contribution is -2.38. The summed E-state index contributed by atoms with van der Waals surface area (Å²) in [6, 6.07) is 12.1. The van der Waals surface area contributed by atoms with Crippen molar-refractivity contribution in [1.29, 1.82) is 0 Å². The molecule has 2 aromatic carbocycles. The molecule has 6 heteroatoms. The highest BCUT2D eigenvalue weighted by Crippen LogP contribution is 2.37. The summed E-state index contributed by atoms with van der Waals surface area (Å²) in [6.45, 7) is 15.5. The minimum atomic E-state index is 0.342. The zero-order chi connectivity index (χ0) is 26.1. The number of phenolic OH excluding ortho intramolecular Hbond substituents is 1. The van der Waals surface area contributed by atoms with Crippen LogP contribution in [0.5, 0.6) is 5.75 Å². The van der Waals surface area contributed by atoms with Crippen LogP contribution in [0.1, 0.15) is 51.7 Å². The summed E-state index contributed by atoms with van der Waals surface area (Å²) >= 11 is 6.21. The van der Waals surface area contributed by atoms with Crippen LogP contribution >= 0.6 is 11.6 Å². The first-order valence-corrected chi connectivity index (χ1v) is 14.2. The number of hydrogen-bond acceptors (Lipinski definition) is 5. The standard InChI is InChI=1S/C31H41ClN4O/c1-20-9-21(2)15-35(14-20)18-24-11-25(19-36-16-22(3)10-23(4)17-36)31(37)30(12-24)34-28-7-8-33-29-13-26(32)5-6-27(28)29/h5-8,11-13,20-23,37H,9-10,14-19H2,1-4H3,(H,33,34). The maximum Gasteiger partial charge on any atom is 0.143 e. The molecule has 0 saturated carbocycles. The molecule has 4 atom stereocenters. The number of rotatable bonds is 6. The Kier molecular flexibility index (Phi) is 7.94. The Balaban J connectivity index is 1.48. The molecule has 3 heterocycles. The fourth-order valence-corrected chi connectivity index (χ4v) is 6.95. The van der Waals surface area contributed by atoms with Gasteiger partial charge in [-0.15, -0.1) is 0 Å². The summed E-state index contributed by atoms with van der Waals surface area (Å²) in [5.41, 5.74) is 4.75. The number of nitrogens with one attached hydrogen (secondary N) is 1. The van der Waals surface area contributed by atoms with Crippen molar-refractivity contribution in [3.05, 3.63) is 58.7 Å². The van der Waals surface area contributed by atoms with Crippen LogP contribution in [-0.4, -0.2) is 46.1 Å². The zero-order valence-electron chi connectivity index (χ0n) is 22.7. The Labute approximate surface area is 226 Å². The highest BCUT2D eigenvalue weighted by Gasteiger charge is 2.25. The van der Waals surface area contributed by atoms with Crippen LogP contribution in [0.2, 0.25) is 5.02 Å². The largest absolute Gasteiger partial charge is 0.505 e. The Hall–Kier alpha value is -2.34. The molecule has 5 nitrogen and oxygen atoms in total. The molecule has 2 aliphatic heterocycles. The molecule has 2 fully saturated rings. The van der Waals surface area contributed by atoms with Gasteiger partial charge < -0.3 is 10.4 Å². The zero-order valence-corrected chi connectivity index (χ0v) is 23.4. The lowest BCUT2D eigenvalue weighted by atomic mass is 9.91. The third-order valence-electron chi connectivity index (χ3n) is 7.91. The van der Waals surface area contributed by atoms with Gasteiger partial charge in [-0.1, -0.05) is 39.3 Å². The molecule has 198 valence electrons. The van der Waals surface area contributed by atoms with E-state index in [2.05, 4.69) is 59.9 Å². The van der Waals surface area contributed by atoms with Crippen LogP contribution < -0.4 is 5.32 Å². The van der Waals surface area contributed by atoms with Crippen LogP contribution in [0.15, 0.2) is 42.6 Å². The van der Waals surface area contributed by atoms with E-state index in [0.717, 1.165) is 67.1 Å². The first-order valence-electron chi connectivity index (χ1n) is 13.8. The fourth-order valence-electron chi connectivity index (χ4n) is 6.78. The van der Waals surface area contributed by atoms with Gasteiger partial charge in [-0.25, -0.2) is 0 Å². The highest BCUT2D eigenvalue weighted by atomic mass is 35.5. The topological polar surface area (TPSA) is 51.6 Å². The molecule has 1 aromatic heterocycles. The van der Waals surface area contributed by atoms with E-state index in [4.69, 9.17) is 11.6 Å². The molecular formula is C31H41ClN4O. The molecule has 0 bridgehead atoms. The molecule has 0 amide bonds. The molecule has 2 N–H and O–H groups in total. The van der Waals surface area contributed by atoms with Crippen molar-refractivity contribution in [2.24, 2.45) is 23.7 Å². The predicted molar refractivity (Wildman–Crippen MR) is 155 cm³/mol. The molecule has 2 saturated heterocycles. The number of hydrogen-bond donors (Lipinski definition) is 2. The van der Waals surface area contributed by atoms with Crippen LogP contribution in [0.4, 0.5) is 11.4 Å². The molecule has 37 heavy (non-hydrogen) atoms. The SMILES string of the molecule is CC1CC(C)CN(Cc2cc(CN3CC(C)CC(C)C3)c(O)c(Nc3ccnc4cc(Cl)ccc34)c2)C1. The van der Waals surface area contributed by atoms with Crippen molar-refractivity contribution in [2.45, 2.75) is 53.6 Å². The number of benzene rings is 2. The minimum Gasteiger partial charge on any atom is -0.505 e. The fraction of sp³-hybridized carbons (Fsp3) is 0.516. The van der Waals surface area contributed by atoms with E-state index in [1.54, 1.807) is 6.20 Å². The number of halogens is 1. The summed E-state index contributed by atoms with van der Waals surface area (Å²) in [5.74, 6) is 3.12. The van der Waals surface area contributed by atoms with Crippen molar-refractivity contribution < 1.29 is 5.11 Å². The van der Waals surface area contributed by atoms with Crippen molar-refractivity contribution in [3.63, 3.8) is 0 Å². The molecule has 0 radical (unpaired) electrons. The first-order chi connectivity index (χ1) is 17.7. The van der Waals surface area contributed by atoms with Crippen molar-refractivity contribution in [3.8, 4) is 5.75 Å². The third-order valence-corrected chi connectivity index (χ3v) is 8.15. The van der Waals surface area contributed by atoms with E-state index in [1.807, 2.05) is 24.3 Å². The number of nitrogens with zero attached hydrogens (tertiary/aromatic N) is 3. The van der Waals surface area contributed by atoms with Gasteiger partial charge in [-0.3, -0.25) is 14.8 Å². The molecule has 0 aliphatic carbocycles. The van der Waals surface area contributed by atoms with Crippen LogP contribution in [0, 0.1) is 23.7 Å². The Morgan fingerprint density at radius 1 is 0.838 bits per heavy atom. The smallest absolute Gasteiger partial charge is 0.143 e. The van der Waals surface area contributed by atoms with Crippen LogP contribution in [0.3, 0.4) is 0 Å². The Bertz CT molecular complexity index is 1230. The van der Waals surface area contributed by atoms with Gasteiger partial charge in [0, 0.05) is 67.1 Å². The molecule has 4 unspecified atom stereocenters. The Morgan fingerprint density at radius 2 is 1.46 bits per heavy atom. The predicted octanol–water partition coefficient (Wildman–Crippen LogP) is 7.29. The van der Waals surface area contributed by atoms with E-state index in [0.29, 0.717) is 34.4 Å². The summed E-state index contributed by atoms with van der Waals surface area (Å²) < 4.78 is 0. The number of piperidine rings is 2.